The first-order chi connectivity index (χ1) is 9.48. The quantitative estimate of drug-likeness (QED) is 0.793. The highest BCUT2D eigenvalue weighted by Crippen LogP contribution is 2.33. The summed E-state index contributed by atoms with van der Waals surface area (Å²) >= 11 is 4.87. The summed E-state index contributed by atoms with van der Waals surface area (Å²) in [5.74, 6) is 0. The van der Waals surface area contributed by atoms with Crippen molar-refractivity contribution in [1.29, 1.82) is 0 Å². The summed E-state index contributed by atoms with van der Waals surface area (Å²) in [7, 11) is -3.35. The molecule has 2 fully saturated rings. The van der Waals surface area contributed by atoms with Crippen molar-refractivity contribution in [3.8, 4) is 0 Å². The molecule has 3 heterocycles. The van der Waals surface area contributed by atoms with Gasteiger partial charge in [-0.2, -0.15) is 4.31 Å². The number of aryl methyl sites for hydroxylation is 1. The number of sulfonamides is 1. The maximum atomic E-state index is 12.9. The Morgan fingerprint density at radius 1 is 1.30 bits per heavy atom. The molecule has 0 aromatic carbocycles. The lowest BCUT2D eigenvalue weighted by molar-refractivity contribution is 0.257. The van der Waals surface area contributed by atoms with Crippen LogP contribution in [0.3, 0.4) is 0 Å². The number of halogens is 1. The van der Waals surface area contributed by atoms with Crippen LogP contribution in [-0.4, -0.2) is 49.8 Å². The van der Waals surface area contributed by atoms with E-state index in [1.807, 2.05) is 6.92 Å². The zero-order chi connectivity index (χ0) is 14.3. The second-order valence-electron chi connectivity index (χ2n) is 5.52. The minimum atomic E-state index is -3.35. The zero-order valence-electron chi connectivity index (χ0n) is 11.5. The molecule has 7 heteroatoms. The van der Waals surface area contributed by atoms with E-state index in [9.17, 15) is 8.42 Å². The van der Waals surface area contributed by atoms with Gasteiger partial charge in [-0.1, -0.05) is 0 Å². The van der Waals surface area contributed by atoms with Crippen LogP contribution in [-0.2, 0) is 10.0 Å². The van der Waals surface area contributed by atoms with Gasteiger partial charge in [0.15, 0.2) is 0 Å². The van der Waals surface area contributed by atoms with Crippen LogP contribution < -0.4 is 0 Å². The van der Waals surface area contributed by atoms with Crippen molar-refractivity contribution < 1.29 is 8.42 Å². The molecule has 1 unspecified atom stereocenters. The molecule has 0 aliphatic carbocycles. The third kappa shape index (κ3) is 2.70. The molecule has 2 aliphatic rings. The fraction of sp³-hybridized carbons (Fsp3) is 0.692. The Morgan fingerprint density at radius 3 is 2.75 bits per heavy atom. The Bertz CT molecular complexity index is 600. The maximum absolute atomic E-state index is 12.9. The fourth-order valence-corrected chi connectivity index (χ4v) is 7.12. The lowest BCUT2D eigenvalue weighted by Crippen LogP contribution is -2.39. The summed E-state index contributed by atoms with van der Waals surface area (Å²) < 4.78 is 28.3. The van der Waals surface area contributed by atoms with Crippen molar-refractivity contribution in [3.63, 3.8) is 0 Å². The average molecular weight is 379 g/mol. The molecule has 0 saturated carbocycles. The van der Waals surface area contributed by atoms with Gasteiger partial charge in [-0.05, 0) is 61.3 Å². The summed E-state index contributed by atoms with van der Waals surface area (Å²) in [5, 5.41) is 0. The smallest absolute Gasteiger partial charge is 0.244 e. The minimum absolute atomic E-state index is 0.412. The molecule has 0 radical (unpaired) electrons. The van der Waals surface area contributed by atoms with Crippen LogP contribution in [0.25, 0.3) is 0 Å². The van der Waals surface area contributed by atoms with Crippen molar-refractivity contribution in [1.82, 2.24) is 9.21 Å². The van der Waals surface area contributed by atoms with Crippen LogP contribution in [0.15, 0.2) is 14.7 Å². The molecule has 0 amide bonds. The number of hydrogen-bond donors (Lipinski definition) is 0. The summed E-state index contributed by atoms with van der Waals surface area (Å²) in [5.41, 5.74) is 0. The first-order valence-corrected chi connectivity index (χ1v) is 10.0. The van der Waals surface area contributed by atoms with Gasteiger partial charge >= 0.3 is 0 Å². The van der Waals surface area contributed by atoms with Crippen LogP contribution >= 0.6 is 27.3 Å². The van der Waals surface area contributed by atoms with E-state index in [4.69, 9.17) is 0 Å². The molecule has 4 nitrogen and oxygen atoms in total. The minimum Gasteiger partial charge on any atom is -0.299 e. The number of rotatable bonds is 2. The third-order valence-corrected chi connectivity index (χ3v) is 7.90. The Balaban J connectivity index is 1.88. The third-order valence-electron chi connectivity index (χ3n) is 4.23. The average Bonchev–Trinajstić information content (AvgIpc) is 2.90. The molecule has 1 aromatic heterocycles. The predicted octanol–water partition coefficient (Wildman–Crippen LogP) is 2.68. The fourth-order valence-electron chi connectivity index (χ4n) is 3.22. The van der Waals surface area contributed by atoms with Gasteiger partial charge < -0.3 is 0 Å². The number of thiophene rings is 1. The standard InChI is InChI=1S/C13H19BrN2O2S2/c1-10-12(8-13(14)19-10)20(17,18)16-7-3-6-15-5-2-4-11(15)9-16/h8,11H,2-7,9H2,1H3. The van der Waals surface area contributed by atoms with Crippen LogP contribution in [0.2, 0.25) is 0 Å². The van der Waals surface area contributed by atoms with Crippen LogP contribution in [0, 0.1) is 6.92 Å². The zero-order valence-corrected chi connectivity index (χ0v) is 14.7. The SMILES string of the molecule is Cc1sc(Br)cc1S(=O)(=O)N1CCCN2CCCC2C1. The topological polar surface area (TPSA) is 40.6 Å². The summed E-state index contributed by atoms with van der Waals surface area (Å²) in [4.78, 5) is 3.79. The number of fused-ring (bicyclic) bond motifs is 1. The molecular weight excluding hydrogens is 360 g/mol. The van der Waals surface area contributed by atoms with Gasteiger partial charge in [0.05, 0.1) is 8.68 Å². The van der Waals surface area contributed by atoms with Crippen molar-refractivity contribution in [2.75, 3.05) is 26.2 Å². The molecular formula is C13H19BrN2O2S2. The summed E-state index contributed by atoms with van der Waals surface area (Å²) in [6.07, 6.45) is 3.25. The van der Waals surface area contributed by atoms with Crippen LogP contribution in [0.5, 0.6) is 0 Å². The lowest BCUT2D eigenvalue weighted by atomic mass is 10.2. The first-order valence-electron chi connectivity index (χ1n) is 6.98. The highest BCUT2D eigenvalue weighted by molar-refractivity contribution is 9.11. The van der Waals surface area contributed by atoms with Crippen molar-refractivity contribution >= 4 is 37.3 Å². The van der Waals surface area contributed by atoms with E-state index >= 15 is 0 Å². The highest BCUT2D eigenvalue weighted by Gasteiger charge is 2.35. The Hall–Kier alpha value is 0.0500. The Kier molecular flexibility index (Phi) is 4.25. The Labute approximate surface area is 132 Å². The van der Waals surface area contributed by atoms with Gasteiger partial charge in [-0.15, -0.1) is 11.3 Å². The number of hydrogen-bond acceptors (Lipinski definition) is 4. The van der Waals surface area contributed by atoms with E-state index in [-0.39, 0.29) is 0 Å². The molecule has 2 saturated heterocycles. The second kappa shape index (κ2) is 5.68. The van der Waals surface area contributed by atoms with E-state index in [0.29, 0.717) is 24.0 Å². The molecule has 0 spiro atoms. The maximum Gasteiger partial charge on any atom is 0.244 e. The van der Waals surface area contributed by atoms with E-state index in [2.05, 4.69) is 20.8 Å². The van der Waals surface area contributed by atoms with Gasteiger partial charge in [0.2, 0.25) is 10.0 Å². The van der Waals surface area contributed by atoms with Gasteiger partial charge in [-0.3, -0.25) is 4.90 Å². The highest BCUT2D eigenvalue weighted by atomic mass is 79.9. The predicted molar refractivity (Wildman–Crippen MR) is 84.7 cm³/mol. The van der Waals surface area contributed by atoms with Crippen molar-refractivity contribution in [3.05, 3.63) is 14.7 Å². The molecule has 0 bridgehead atoms. The Morgan fingerprint density at radius 2 is 2.05 bits per heavy atom. The molecule has 20 heavy (non-hydrogen) atoms. The molecule has 2 aliphatic heterocycles. The number of nitrogens with zero attached hydrogens (tertiary/aromatic N) is 2. The van der Waals surface area contributed by atoms with E-state index in [1.54, 1.807) is 10.4 Å². The summed E-state index contributed by atoms with van der Waals surface area (Å²) in [6.45, 7) is 5.32. The van der Waals surface area contributed by atoms with E-state index in [1.165, 1.54) is 17.8 Å². The normalized spacial score (nSPS) is 25.6. The van der Waals surface area contributed by atoms with Crippen molar-refractivity contribution in [2.45, 2.75) is 37.1 Å². The second-order valence-corrected chi connectivity index (χ2v) is 10.1. The molecule has 0 N–H and O–H groups in total. The largest absolute Gasteiger partial charge is 0.299 e. The van der Waals surface area contributed by atoms with Gasteiger partial charge in [0.25, 0.3) is 0 Å². The monoisotopic (exact) mass is 378 g/mol. The molecule has 112 valence electrons. The molecule has 3 rings (SSSR count). The van der Waals surface area contributed by atoms with E-state index < -0.39 is 10.0 Å². The lowest BCUT2D eigenvalue weighted by Gasteiger charge is -2.25. The van der Waals surface area contributed by atoms with E-state index in [0.717, 1.165) is 34.6 Å². The van der Waals surface area contributed by atoms with Crippen LogP contribution in [0.1, 0.15) is 24.1 Å². The first kappa shape index (κ1) is 15.0. The van der Waals surface area contributed by atoms with Gasteiger partial charge in [-0.25, -0.2) is 8.42 Å². The van der Waals surface area contributed by atoms with Gasteiger partial charge in [0, 0.05) is 24.0 Å². The molecule has 1 atom stereocenters. The summed E-state index contributed by atoms with van der Waals surface area (Å²) in [6, 6.07) is 2.15. The molecule has 1 aromatic rings. The van der Waals surface area contributed by atoms with Gasteiger partial charge in [0.1, 0.15) is 0 Å². The van der Waals surface area contributed by atoms with Crippen LogP contribution in [0.4, 0.5) is 0 Å². The van der Waals surface area contributed by atoms with Crippen molar-refractivity contribution in [2.24, 2.45) is 0 Å².